The Bertz CT molecular complexity index is 830. The molecule has 3 rings (SSSR count). The van der Waals surface area contributed by atoms with Gasteiger partial charge in [0.05, 0.1) is 12.2 Å². The molecule has 0 saturated heterocycles. The SMILES string of the molecule is CCCCOc1ccc(Br)cc1C1C(C(N)=O)=C(C)Nc2ncnn21. The van der Waals surface area contributed by atoms with Gasteiger partial charge in [-0.25, -0.2) is 4.68 Å². The van der Waals surface area contributed by atoms with E-state index in [4.69, 9.17) is 10.5 Å². The van der Waals surface area contributed by atoms with Crippen molar-refractivity contribution in [3.63, 3.8) is 0 Å². The van der Waals surface area contributed by atoms with E-state index in [9.17, 15) is 4.79 Å². The van der Waals surface area contributed by atoms with E-state index in [1.807, 2.05) is 18.2 Å². The smallest absolute Gasteiger partial charge is 0.248 e. The Morgan fingerprint density at radius 3 is 3.00 bits per heavy atom. The van der Waals surface area contributed by atoms with E-state index < -0.39 is 11.9 Å². The minimum atomic E-state index is -0.504. The number of carbonyl (C=O) groups excluding carboxylic acids is 1. The number of aromatic nitrogens is 3. The van der Waals surface area contributed by atoms with E-state index in [0.717, 1.165) is 22.9 Å². The molecule has 0 bridgehead atoms. The molecule has 132 valence electrons. The molecule has 25 heavy (non-hydrogen) atoms. The Labute approximate surface area is 154 Å². The maximum absolute atomic E-state index is 12.1. The van der Waals surface area contributed by atoms with E-state index in [1.54, 1.807) is 11.6 Å². The molecule has 1 amide bonds. The first kappa shape index (κ1) is 17.5. The van der Waals surface area contributed by atoms with Crippen molar-refractivity contribution in [3.05, 3.63) is 45.8 Å². The molecule has 0 radical (unpaired) electrons. The summed E-state index contributed by atoms with van der Waals surface area (Å²) in [5, 5.41) is 7.35. The largest absolute Gasteiger partial charge is 0.493 e. The molecule has 0 spiro atoms. The molecule has 1 aromatic heterocycles. The van der Waals surface area contributed by atoms with Crippen LogP contribution in [-0.2, 0) is 4.79 Å². The molecule has 2 aromatic rings. The molecule has 0 aliphatic carbocycles. The summed E-state index contributed by atoms with van der Waals surface area (Å²) in [4.78, 5) is 16.4. The number of ether oxygens (including phenoxy) is 1. The molecular formula is C17H20BrN5O2. The van der Waals surface area contributed by atoms with Gasteiger partial charge in [-0.15, -0.1) is 0 Å². The molecule has 1 atom stereocenters. The predicted molar refractivity (Wildman–Crippen MR) is 98.2 cm³/mol. The number of unbranched alkanes of at least 4 members (excludes halogenated alkanes) is 1. The van der Waals surface area contributed by atoms with Gasteiger partial charge in [0.25, 0.3) is 0 Å². The van der Waals surface area contributed by atoms with Crippen molar-refractivity contribution < 1.29 is 9.53 Å². The number of hydrogen-bond donors (Lipinski definition) is 2. The predicted octanol–water partition coefficient (Wildman–Crippen LogP) is 2.99. The Balaban J connectivity index is 2.13. The summed E-state index contributed by atoms with van der Waals surface area (Å²) in [5.74, 6) is 0.763. The molecule has 8 heteroatoms. The van der Waals surface area contributed by atoms with Crippen molar-refractivity contribution in [3.8, 4) is 5.75 Å². The number of anilines is 1. The van der Waals surface area contributed by atoms with Crippen LogP contribution in [0, 0.1) is 0 Å². The number of carbonyl (C=O) groups is 1. The number of amides is 1. The van der Waals surface area contributed by atoms with Crippen molar-refractivity contribution in [2.75, 3.05) is 11.9 Å². The highest BCUT2D eigenvalue weighted by Gasteiger charge is 2.34. The number of rotatable bonds is 6. The first-order valence-corrected chi connectivity index (χ1v) is 8.91. The quantitative estimate of drug-likeness (QED) is 0.720. The highest BCUT2D eigenvalue weighted by molar-refractivity contribution is 9.10. The average Bonchev–Trinajstić information content (AvgIpc) is 3.02. The zero-order chi connectivity index (χ0) is 18.0. The van der Waals surface area contributed by atoms with Crippen LogP contribution in [0.15, 0.2) is 40.3 Å². The average molecular weight is 406 g/mol. The van der Waals surface area contributed by atoms with Gasteiger partial charge in [0.1, 0.15) is 18.1 Å². The minimum Gasteiger partial charge on any atom is -0.493 e. The van der Waals surface area contributed by atoms with Gasteiger partial charge in [0.15, 0.2) is 0 Å². The summed E-state index contributed by atoms with van der Waals surface area (Å²) in [6.07, 6.45) is 3.44. The zero-order valence-electron chi connectivity index (χ0n) is 14.1. The van der Waals surface area contributed by atoms with Crippen molar-refractivity contribution >= 4 is 27.8 Å². The topological polar surface area (TPSA) is 95.1 Å². The molecule has 1 aliphatic heterocycles. The number of nitrogens with zero attached hydrogens (tertiary/aromatic N) is 3. The summed E-state index contributed by atoms with van der Waals surface area (Å²) < 4.78 is 8.50. The fourth-order valence-corrected chi connectivity index (χ4v) is 3.27. The minimum absolute atomic E-state index is 0.441. The van der Waals surface area contributed by atoms with Crippen molar-refractivity contribution in [2.24, 2.45) is 5.73 Å². The van der Waals surface area contributed by atoms with Gasteiger partial charge in [0.2, 0.25) is 11.9 Å². The second kappa shape index (κ2) is 7.26. The monoisotopic (exact) mass is 405 g/mol. The number of primary amides is 1. The lowest BCUT2D eigenvalue weighted by Gasteiger charge is -2.29. The van der Waals surface area contributed by atoms with Gasteiger partial charge in [-0.2, -0.15) is 10.1 Å². The second-order valence-electron chi connectivity index (χ2n) is 5.84. The number of hydrogen-bond acceptors (Lipinski definition) is 5. The number of nitrogens with two attached hydrogens (primary N) is 1. The molecule has 1 unspecified atom stereocenters. The number of nitrogens with one attached hydrogen (secondary N) is 1. The molecule has 0 fully saturated rings. The fourth-order valence-electron chi connectivity index (χ4n) is 2.89. The molecule has 1 aliphatic rings. The van der Waals surface area contributed by atoms with Gasteiger partial charge in [-0.05, 0) is 31.5 Å². The van der Waals surface area contributed by atoms with Crippen LogP contribution in [0.25, 0.3) is 0 Å². The number of benzene rings is 1. The molecule has 3 N–H and O–H groups in total. The second-order valence-corrected chi connectivity index (χ2v) is 6.76. The highest BCUT2D eigenvalue weighted by Crippen LogP contribution is 2.39. The number of halogens is 1. The van der Waals surface area contributed by atoms with Crippen LogP contribution in [0.4, 0.5) is 5.95 Å². The summed E-state index contributed by atoms with van der Waals surface area (Å²) in [5.41, 5.74) is 7.59. The number of fused-ring (bicyclic) bond motifs is 1. The van der Waals surface area contributed by atoms with E-state index in [0.29, 0.717) is 29.6 Å². The van der Waals surface area contributed by atoms with Crippen LogP contribution in [-0.4, -0.2) is 27.3 Å². The lowest BCUT2D eigenvalue weighted by molar-refractivity contribution is -0.115. The van der Waals surface area contributed by atoms with E-state index in [-0.39, 0.29) is 0 Å². The lowest BCUT2D eigenvalue weighted by Crippen LogP contribution is -2.32. The van der Waals surface area contributed by atoms with Gasteiger partial charge in [-0.1, -0.05) is 29.3 Å². The molecule has 1 aromatic carbocycles. The zero-order valence-corrected chi connectivity index (χ0v) is 15.7. The Hall–Kier alpha value is -2.35. The van der Waals surface area contributed by atoms with E-state index in [1.165, 1.54) is 6.33 Å². The van der Waals surface area contributed by atoms with E-state index in [2.05, 4.69) is 38.3 Å². The Morgan fingerprint density at radius 2 is 2.28 bits per heavy atom. The van der Waals surface area contributed by atoms with Crippen molar-refractivity contribution in [2.45, 2.75) is 32.7 Å². The number of allylic oxidation sites excluding steroid dienone is 1. The van der Waals surface area contributed by atoms with Gasteiger partial charge in [-0.3, -0.25) is 4.79 Å². The summed E-state index contributed by atoms with van der Waals surface area (Å²) in [6, 6.07) is 5.24. The first-order valence-electron chi connectivity index (χ1n) is 8.12. The van der Waals surface area contributed by atoms with Crippen LogP contribution in [0.3, 0.4) is 0 Å². The van der Waals surface area contributed by atoms with Crippen LogP contribution in [0.1, 0.15) is 38.3 Å². The summed E-state index contributed by atoms with van der Waals surface area (Å²) >= 11 is 3.50. The van der Waals surface area contributed by atoms with Gasteiger partial charge < -0.3 is 15.8 Å². The van der Waals surface area contributed by atoms with Crippen molar-refractivity contribution in [1.29, 1.82) is 0 Å². The van der Waals surface area contributed by atoms with Crippen LogP contribution in [0.5, 0.6) is 5.75 Å². The fraction of sp³-hybridized carbons (Fsp3) is 0.353. The standard InChI is InChI=1S/C17H20BrN5O2/c1-3-4-7-25-13-6-5-11(18)8-12(13)15-14(16(19)24)10(2)22-17-20-9-21-23(15)17/h5-6,8-9,15H,3-4,7H2,1-2H3,(H2,19,24)(H,20,21,22). The van der Waals surface area contributed by atoms with E-state index >= 15 is 0 Å². The summed E-state index contributed by atoms with van der Waals surface area (Å²) in [7, 11) is 0. The van der Waals surface area contributed by atoms with Crippen molar-refractivity contribution in [1.82, 2.24) is 14.8 Å². The third kappa shape index (κ3) is 3.39. The first-order chi connectivity index (χ1) is 12.0. The van der Waals surface area contributed by atoms with Gasteiger partial charge >= 0.3 is 0 Å². The molecular weight excluding hydrogens is 386 g/mol. The summed E-state index contributed by atoms with van der Waals surface area (Å²) in [6.45, 7) is 4.52. The van der Waals surface area contributed by atoms with Crippen LogP contribution < -0.4 is 15.8 Å². The maximum Gasteiger partial charge on any atom is 0.248 e. The third-order valence-corrected chi connectivity index (χ3v) is 4.57. The Morgan fingerprint density at radius 1 is 1.48 bits per heavy atom. The highest BCUT2D eigenvalue weighted by atomic mass is 79.9. The lowest BCUT2D eigenvalue weighted by atomic mass is 9.94. The normalized spacial score (nSPS) is 16.4. The van der Waals surface area contributed by atoms with Crippen LogP contribution in [0.2, 0.25) is 0 Å². The van der Waals surface area contributed by atoms with Crippen LogP contribution >= 0.6 is 15.9 Å². The third-order valence-electron chi connectivity index (χ3n) is 4.08. The van der Waals surface area contributed by atoms with Gasteiger partial charge in [0, 0.05) is 15.7 Å². The molecule has 0 saturated carbocycles. The molecule has 7 nitrogen and oxygen atoms in total. The Kier molecular flexibility index (Phi) is 5.08. The molecule has 2 heterocycles. The maximum atomic E-state index is 12.1.